The molecule has 116 valence electrons. The molecule has 1 unspecified atom stereocenters. The van der Waals surface area contributed by atoms with Crippen molar-refractivity contribution in [2.24, 2.45) is 0 Å². The Morgan fingerprint density at radius 1 is 1.29 bits per heavy atom. The lowest BCUT2D eigenvalue weighted by molar-refractivity contribution is -0.137. The lowest BCUT2D eigenvalue weighted by Gasteiger charge is -2.22. The van der Waals surface area contributed by atoms with Crippen molar-refractivity contribution < 1.29 is 19.8 Å². The van der Waals surface area contributed by atoms with Crippen LogP contribution in [0.4, 0.5) is 5.69 Å². The van der Waals surface area contributed by atoms with Crippen LogP contribution in [0.25, 0.3) is 0 Å². The van der Waals surface area contributed by atoms with Crippen LogP contribution in [-0.2, 0) is 9.59 Å². The number of carbonyl (C=O) groups excluding carboxylic acids is 1. The Morgan fingerprint density at radius 3 is 2.43 bits per heavy atom. The minimum atomic E-state index is -0.926. The number of rotatable bonds is 8. The minimum Gasteiger partial charge on any atom is -0.481 e. The molecule has 1 amide bonds. The number of aliphatic hydroxyl groups is 1. The summed E-state index contributed by atoms with van der Waals surface area (Å²) in [6.07, 6.45) is -0.684. The third-order valence-corrected chi connectivity index (χ3v) is 2.87. The zero-order chi connectivity index (χ0) is 15.8. The maximum atomic E-state index is 12.0. The van der Waals surface area contributed by atoms with E-state index in [4.69, 9.17) is 5.11 Å². The van der Waals surface area contributed by atoms with Crippen molar-refractivity contribution in [2.45, 2.75) is 26.4 Å². The molecule has 0 spiro atoms. The lowest BCUT2D eigenvalue weighted by atomic mass is 10.2. The molecule has 1 atom stereocenters. The van der Waals surface area contributed by atoms with Gasteiger partial charge in [0.05, 0.1) is 19.1 Å². The zero-order valence-corrected chi connectivity index (χ0v) is 12.4. The van der Waals surface area contributed by atoms with Gasteiger partial charge in [0.25, 0.3) is 0 Å². The number of hydrogen-bond donors (Lipinski definition) is 3. The molecule has 0 aromatic heterocycles. The largest absolute Gasteiger partial charge is 0.481 e. The maximum Gasteiger partial charge on any atom is 0.304 e. The number of hydrogen-bond acceptors (Lipinski definition) is 4. The van der Waals surface area contributed by atoms with Gasteiger partial charge in [0.1, 0.15) is 0 Å². The van der Waals surface area contributed by atoms with Crippen LogP contribution in [0, 0.1) is 6.92 Å². The number of nitrogens with zero attached hydrogens (tertiary/aromatic N) is 1. The minimum absolute atomic E-state index is 0.0477. The summed E-state index contributed by atoms with van der Waals surface area (Å²) in [4.78, 5) is 24.2. The number of benzene rings is 1. The Bertz CT molecular complexity index is 471. The van der Waals surface area contributed by atoms with E-state index >= 15 is 0 Å². The highest BCUT2D eigenvalue weighted by Gasteiger charge is 2.14. The lowest BCUT2D eigenvalue weighted by Crippen LogP contribution is -2.38. The molecule has 0 bridgehead atoms. The second kappa shape index (κ2) is 8.39. The molecule has 0 aliphatic heterocycles. The van der Waals surface area contributed by atoms with E-state index in [0.717, 1.165) is 5.56 Å². The summed E-state index contributed by atoms with van der Waals surface area (Å²) >= 11 is 0. The fourth-order valence-electron chi connectivity index (χ4n) is 1.90. The molecule has 6 heteroatoms. The van der Waals surface area contributed by atoms with E-state index in [-0.39, 0.29) is 32.0 Å². The molecule has 3 N–H and O–H groups in total. The zero-order valence-electron chi connectivity index (χ0n) is 12.4. The van der Waals surface area contributed by atoms with Crippen LogP contribution in [-0.4, -0.2) is 52.7 Å². The third kappa shape index (κ3) is 7.43. The van der Waals surface area contributed by atoms with E-state index in [1.165, 1.54) is 0 Å². The number of nitrogens with one attached hydrogen (secondary N) is 1. The van der Waals surface area contributed by atoms with Crippen molar-refractivity contribution in [2.75, 3.05) is 25.0 Å². The number of amides is 1. The molecule has 0 saturated carbocycles. The first-order chi connectivity index (χ1) is 9.86. The molecule has 0 aliphatic carbocycles. The number of carboxylic acid groups (broad SMARTS) is 1. The molecule has 0 aliphatic rings. The molecule has 0 heterocycles. The van der Waals surface area contributed by atoms with Crippen molar-refractivity contribution >= 4 is 17.6 Å². The normalized spacial score (nSPS) is 12.2. The van der Waals surface area contributed by atoms with Gasteiger partial charge in [-0.25, -0.2) is 0 Å². The first kappa shape index (κ1) is 17.1. The molecule has 0 saturated heterocycles. The predicted molar refractivity (Wildman–Crippen MR) is 80.2 cm³/mol. The van der Waals surface area contributed by atoms with E-state index in [0.29, 0.717) is 5.69 Å². The van der Waals surface area contributed by atoms with Gasteiger partial charge in [-0.1, -0.05) is 17.7 Å². The molecule has 1 rings (SSSR count). The van der Waals surface area contributed by atoms with Crippen LogP contribution >= 0.6 is 0 Å². The highest BCUT2D eigenvalue weighted by molar-refractivity contribution is 5.92. The topological polar surface area (TPSA) is 89.9 Å². The fourth-order valence-corrected chi connectivity index (χ4v) is 1.90. The quantitative estimate of drug-likeness (QED) is 0.668. The van der Waals surface area contributed by atoms with Crippen LogP contribution in [0.3, 0.4) is 0 Å². The van der Waals surface area contributed by atoms with Crippen molar-refractivity contribution in [3.8, 4) is 0 Å². The number of anilines is 1. The van der Waals surface area contributed by atoms with Gasteiger partial charge in [0.15, 0.2) is 0 Å². The van der Waals surface area contributed by atoms with Crippen molar-refractivity contribution in [3.05, 3.63) is 29.8 Å². The number of aliphatic hydroxyl groups excluding tert-OH is 1. The molecule has 1 aromatic rings. The number of carboxylic acids is 1. The summed E-state index contributed by atoms with van der Waals surface area (Å²) in [6, 6.07) is 7.41. The van der Waals surface area contributed by atoms with E-state index in [1.54, 1.807) is 11.8 Å². The molecule has 21 heavy (non-hydrogen) atoms. The Hall–Kier alpha value is -1.92. The summed E-state index contributed by atoms with van der Waals surface area (Å²) < 4.78 is 0. The van der Waals surface area contributed by atoms with E-state index in [9.17, 15) is 14.7 Å². The van der Waals surface area contributed by atoms with Gasteiger partial charge in [-0.15, -0.1) is 0 Å². The van der Waals surface area contributed by atoms with Crippen LogP contribution in [0.5, 0.6) is 0 Å². The molecule has 0 fully saturated rings. The monoisotopic (exact) mass is 294 g/mol. The first-order valence-corrected chi connectivity index (χ1v) is 6.85. The maximum absolute atomic E-state index is 12.0. The van der Waals surface area contributed by atoms with Crippen molar-refractivity contribution in [1.29, 1.82) is 0 Å². The SMILES string of the molecule is Cc1ccc(NC(=O)CN(CCC(=O)O)CC(C)O)cc1. The summed E-state index contributed by atoms with van der Waals surface area (Å²) in [5, 5.41) is 20.9. The first-order valence-electron chi connectivity index (χ1n) is 6.85. The average molecular weight is 294 g/mol. The number of aryl methyl sites for hydroxylation is 1. The third-order valence-electron chi connectivity index (χ3n) is 2.87. The molecular weight excluding hydrogens is 272 g/mol. The van der Waals surface area contributed by atoms with Crippen LogP contribution in [0.15, 0.2) is 24.3 Å². The molecule has 6 nitrogen and oxygen atoms in total. The summed E-state index contributed by atoms with van der Waals surface area (Å²) in [6.45, 7) is 4.09. The second-order valence-corrected chi connectivity index (χ2v) is 5.14. The van der Waals surface area contributed by atoms with Gasteiger partial charge in [0, 0.05) is 18.8 Å². The van der Waals surface area contributed by atoms with Gasteiger partial charge in [0.2, 0.25) is 5.91 Å². The Balaban J connectivity index is 2.53. The Labute approximate surface area is 124 Å². The average Bonchev–Trinajstić information content (AvgIpc) is 2.38. The van der Waals surface area contributed by atoms with Crippen molar-refractivity contribution in [1.82, 2.24) is 4.90 Å². The number of carbonyl (C=O) groups is 2. The standard InChI is InChI=1S/C15H22N2O4/c1-11-3-5-13(6-4-11)16-14(19)10-17(9-12(2)18)8-7-15(20)21/h3-6,12,18H,7-10H2,1-2H3,(H,16,19)(H,20,21). The van der Waals surface area contributed by atoms with Gasteiger partial charge in [-0.2, -0.15) is 0 Å². The fraction of sp³-hybridized carbons (Fsp3) is 0.467. The molecule has 0 radical (unpaired) electrons. The molecular formula is C15H22N2O4. The molecule has 1 aromatic carbocycles. The van der Waals surface area contributed by atoms with Gasteiger partial charge in [-0.3, -0.25) is 14.5 Å². The Kier molecular flexibility index (Phi) is 6.84. The summed E-state index contributed by atoms with van der Waals surface area (Å²) in [5.41, 5.74) is 1.80. The van der Waals surface area contributed by atoms with E-state index in [1.807, 2.05) is 31.2 Å². The smallest absolute Gasteiger partial charge is 0.304 e. The summed E-state index contributed by atoms with van der Waals surface area (Å²) in [5.74, 6) is -1.16. The van der Waals surface area contributed by atoms with Gasteiger partial charge in [-0.05, 0) is 26.0 Å². The summed E-state index contributed by atoms with van der Waals surface area (Å²) in [7, 11) is 0. The van der Waals surface area contributed by atoms with Gasteiger partial charge >= 0.3 is 5.97 Å². The van der Waals surface area contributed by atoms with Crippen LogP contribution in [0.1, 0.15) is 18.9 Å². The van der Waals surface area contributed by atoms with Crippen molar-refractivity contribution in [3.63, 3.8) is 0 Å². The number of aliphatic carboxylic acids is 1. The van der Waals surface area contributed by atoms with Crippen LogP contribution < -0.4 is 5.32 Å². The van der Waals surface area contributed by atoms with E-state index < -0.39 is 12.1 Å². The Morgan fingerprint density at radius 2 is 1.90 bits per heavy atom. The van der Waals surface area contributed by atoms with Crippen LogP contribution in [0.2, 0.25) is 0 Å². The predicted octanol–water partition coefficient (Wildman–Crippen LogP) is 1.09. The van der Waals surface area contributed by atoms with Gasteiger partial charge < -0.3 is 15.5 Å². The second-order valence-electron chi connectivity index (χ2n) is 5.14. The van der Waals surface area contributed by atoms with E-state index in [2.05, 4.69) is 5.32 Å². The highest BCUT2D eigenvalue weighted by Crippen LogP contribution is 2.08. The highest BCUT2D eigenvalue weighted by atomic mass is 16.4.